The van der Waals surface area contributed by atoms with Crippen molar-refractivity contribution >= 4 is 40.8 Å². The SMILES string of the molecule is CC(=O)N1CCN(c2ccc(OCc3c[n+](Cc4ccc(OC(=O)C(C)(C)C)cc4)c(-c4ccc(Cl)cc4Cl)n3CC3OCCO3)cc2)CC1.[Br-]. The third kappa shape index (κ3) is 9.64. The van der Waals surface area contributed by atoms with Crippen LogP contribution in [0.5, 0.6) is 11.5 Å². The van der Waals surface area contributed by atoms with E-state index >= 15 is 0 Å². The number of piperazine rings is 1. The number of imidazole rings is 1. The minimum Gasteiger partial charge on any atom is -1.00 e. The molecule has 1 amide bonds. The van der Waals surface area contributed by atoms with Gasteiger partial charge < -0.3 is 45.7 Å². The lowest BCUT2D eigenvalue weighted by Crippen LogP contribution is -3.00. The summed E-state index contributed by atoms with van der Waals surface area (Å²) in [5.74, 6) is 1.89. The Labute approximate surface area is 319 Å². The minimum absolute atomic E-state index is 0. The molecule has 13 heteroatoms. The summed E-state index contributed by atoms with van der Waals surface area (Å²) in [5.41, 5.74) is 3.17. The number of hydrogen-bond donors (Lipinski definition) is 0. The molecule has 0 N–H and O–H groups in total. The van der Waals surface area contributed by atoms with Gasteiger partial charge in [0.2, 0.25) is 5.91 Å². The molecule has 0 saturated carbocycles. The molecule has 0 aliphatic carbocycles. The Morgan fingerprint density at radius 3 is 2.16 bits per heavy atom. The molecule has 3 heterocycles. The van der Waals surface area contributed by atoms with Crippen LogP contribution < -0.4 is 35.9 Å². The highest BCUT2D eigenvalue weighted by Gasteiger charge is 2.31. The van der Waals surface area contributed by atoms with Crippen LogP contribution in [-0.2, 0) is 38.8 Å². The highest BCUT2D eigenvalue weighted by Crippen LogP contribution is 2.31. The first-order chi connectivity index (χ1) is 23.9. The van der Waals surface area contributed by atoms with Crippen LogP contribution in [0.4, 0.5) is 5.69 Å². The number of carbonyl (C=O) groups excluding carboxylic acids is 2. The first kappa shape index (κ1) is 38.6. The first-order valence-electron chi connectivity index (χ1n) is 16.8. The van der Waals surface area contributed by atoms with Crippen LogP contribution in [0.25, 0.3) is 11.4 Å². The van der Waals surface area contributed by atoms with Gasteiger partial charge in [-0.15, -0.1) is 0 Å². The zero-order chi connectivity index (χ0) is 35.4. The number of halogens is 3. The van der Waals surface area contributed by atoms with Crippen molar-refractivity contribution in [2.45, 2.75) is 53.7 Å². The van der Waals surface area contributed by atoms with Gasteiger partial charge in [0.15, 0.2) is 18.6 Å². The maximum atomic E-state index is 12.4. The summed E-state index contributed by atoms with van der Waals surface area (Å²) in [6.45, 7) is 12.4. The summed E-state index contributed by atoms with van der Waals surface area (Å²) < 4.78 is 28.0. The summed E-state index contributed by atoms with van der Waals surface area (Å²) in [6.07, 6.45) is 1.63. The Hall–Kier alpha value is -3.61. The van der Waals surface area contributed by atoms with E-state index in [1.165, 1.54) is 0 Å². The summed E-state index contributed by atoms with van der Waals surface area (Å²) in [5, 5.41) is 1.05. The Bertz CT molecular complexity index is 1810. The third-order valence-corrected chi connectivity index (χ3v) is 9.33. The lowest BCUT2D eigenvalue weighted by molar-refractivity contribution is -0.677. The molecular formula is C38H43BrCl2N4O6. The molecule has 0 radical (unpaired) electrons. The molecule has 0 unspecified atom stereocenters. The Morgan fingerprint density at radius 2 is 1.55 bits per heavy atom. The summed E-state index contributed by atoms with van der Waals surface area (Å²) >= 11 is 13.2. The van der Waals surface area contributed by atoms with E-state index in [9.17, 15) is 9.59 Å². The first-order valence-corrected chi connectivity index (χ1v) is 17.6. The van der Waals surface area contributed by atoms with Gasteiger partial charge in [0.25, 0.3) is 5.82 Å². The molecule has 2 aliphatic heterocycles. The third-order valence-electron chi connectivity index (χ3n) is 8.79. The average Bonchev–Trinajstić information content (AvgIpc) is 3.72. The van der Waals surface area contributed by atoms with E-state index in [1.807, 2.05) is 74.2 Å². The van der Waals surface area contributed by atoms with Crippen LogP contribution in [0.1, 0.15) is 39.0 Å². The summed E-state index contributed by atoms with van der Waals surface area (Å²) in [7, 11) is 0. The van der Waals surface area contributed by atoms with Crippen LogP contribution in [-0.4, -0.2) is 67.0 Å². The van der Waals surface area contributed by atoms with Gasteiger partial charge in [-0.2, -0.15) is 0 Å². The van der Waals surface area contributed by atoms with Crippen LogP contribution in [0.3, 0.4) is 0 Å². The van der Waals surface area contributed by atoms with E-state index in [1.54, 1.807) is 13.0 Å². The van der Waals surface area contributed by atoms with Gasteiger partial charge in [-0.3, -0.25) is 9.59 Å². The van der Waals surface area contributed by atoms with Crippen molar-refractivity contribution in [1.29, 1.82) is 0 Å². The predicted molar refractivity (Wildman–Crippen MR) is 192 cm³/mol. The number of ether oxygens (including phenoxy) is 4. The monoisotopic (exact) mass is 800 g/mol. The number of carbonyl (C=O) groups is 2. The molecular weight excluding hydrogens is 759 g/mol. The fourth-order valence-corrected chi connectivity index (χ4v) is 6.48. The zero-order valence-electron chi connectivity index (χ0n) is 29.2. The van der Waals surface area contributed by atoms with Gasteiger partial charge in [0, 0.05) is 43.8 Å². The number of amides is 1. The van der Waals surface area contributed by atoms with Crippen molar-refractivity contribution in [3.05, 3.63) is 94.2 Å². The van der Waals surface area contributed by atoms with Crippen LogP contribution in [0.15, 0.2) is 72.9 Å². The van der Waals surface area contributed by atoms with Gasteiger partial charge in [-0.05, 0) is 80.9 Å². The lowest BCUT2D eigenvalue weighted by atomic mass is 9.97. The second kappa shape index (κ2) is 16.8. The van der Waals surface area contributed by atoms with E-state index in [-0.39, 0.29) is 35.5 Å². The zero-order valence-corrected chi connectivity index (χ0v) is 32.3. The maximum Gasteiger partial charge on any atom is 0.316 e. The fourth-order valence-electron chi connectivity index (χ4n) is 5.98. The van der Waals surface area contributed by atoms with Crippen LogP contribution in [0, 0.1) is 5.41 Å². The smallest absolute Gasteiger partial charge is 0.316 e. The molecule has 2 fully saturated rings. The Balaban J connectivity index is 0.00000504. The number of esters is 1. The van der Waals surface area contributed by atoms with Gasteiger partial charge in [0.05, 0.1) is 29.2 Å². The number of aromatic nitrogens is 2. The lowest BCUT2D eigenvalue weighted by Gasteiger charge is -2.35. The predicted octanol–water partition coefficient (Wildman–Crippen LogP) is 3.37. The number of benzene rings is 3. The van der Waals surface area contributed by atoms with Gasteiger partial charge in [0.1, 0.15) is 30.8 Å². The number of hydrogen-bond acceptors (Lipinski definition) is 7. The van der Waals surface area contributed by atoms with Crippen molar-refractivity contribution < 1.29 is 50.1 Å². The average molecular weight is 803 g/mol. The van der Waals surface area contributed by atoms with Crippen LogP contribution >= 0.6 is 23.2 Å². The minimum atomic E-state index is -0.607. The Kier molecular flexibility index (Phi) is 12.7. The van der Waals surface area contributed by atoms with E-state index in [0.717, 1.165) is 47.2 Å². The Morgan fingerprint density at radius 1 is 0.902 bits per heavy atom. The highest BCUT2D eigenvalue weighted by molar-refractivity contribution is 6.36. The largest absolute Gasteiger partial charge is 1.00 e. The molecule has 1 aromatic heterocycles. The van der Waals surface area contributed by atoms with Crippen molar-refractivity contribution in [3.63, 3.8) is 0 Å². The van der Waals surface area contributed by atoms with Crippen LogP contribution in [0.2, 0.25) is 10.0 Å². The molecule has 51 heavy (non-hydrogen) atoms. The molecule has 0 bridgehead atoms. The molecule has 2 saturated heterocycles. The molecule has 6 rings (SSSR count). The second-order valence-corrected chi connectivity index (χ2v) is 14.4. The van der Waals surface area contributed by atoms with Crippen molar-refractivity contribution in [2.24, 2.45) is 5.41 Å². The normalized spacial score (nSPS) is 15.1. The molecule has 0 atom stereocenters. The number of rotatable bonds is 10. The fraction of sp³-hybridized carbons (Fsp3) is 0.395. The van der Waals surface area contributed by atoms with Crippen molar-refractivity contribution in [2.75, 3.05) is 44.3 Å². The standard InChI is InChI=1S/C38H43Cl2N4O6.BrH/c1-26(45)41-15-17-42(18-16-41)29-8-12-31(13-9-29)49-25-30-23-43(22-27-5-10-32(11-6-27)50-37(46)38(2,3)4)36(33-14-7-28(39)21-34(33)40)44(30)24-35-47-19-20-48-35;/h5-14,21,23,35H,15-20,22,24-25H2,1-4H3;1H/q+1;/p-1. The van der Waals surface area contributed by atoms with Gasteiger partial charge >= 0.3 is 5.97 Å². The molecule has 2 aliphatic rings. The molecule has 0 spiro atoms. The second-order valence-electron chi connectivity index (χ2n) is 13.5. The quantitative estimate of drug-likeness (QED) is 0.138. The molecule has 4 aromatic rings. The molecule has 272 valence electrons. The summed E-state index contributed by atoms with van der Waals surface area (Å²) in [4.78, 5) is 28.3. The van der Waals surface area contributed by atoms with E-state index in [2.05, 4.69) is 32.4 Å². The van der Waals surface area contributed by atoms with Gasteiger partial charge in [-0.25, -0.2) is 9.13 Å². The molecule has 3 aromatic carbocycles. The van der Waals surface area contributed by atoms with Crippen molar-refractivity contribution in [1.82, 2.24) is 9.47 Å². The number of nitrogens with zero attached hydrogens (tertiary/aromatic N) is 4. The molecule has 10 nitrogen and oxygen atoms in total. The highest BCUT2D eigenvalue weighted by atomic mass is 79.9. The maximum absolute atomic E-state index is 12.4. The van der Waals surface area contributed by atoms with Gasteiger partial charge in [-0.1, -0.05) is 35.3 Å². The number of anilines is 1. The topological polar surface area (TPSA) is 86.4 Å². The van der Waals surface area contributed by atoms with E-state index < -0.39 is 11.7 Å². The van der Waals surface area contributed by atoms with E-state index in [4.69, 9.17) is 42.1 Å². The van der Waals surface area contributed by atoms with Crippen molar-refractivity contribution in [3.8, 4) is 22.9 Å². The van der Waals surface area contributed by atoms with E-state index in [0.29, 0.717) is 55.2 Å². The summed E-state index contributed by atoms with van der Waals surface area (Å²) in [6, 6.07) is 21.0.